The Morgan fingerprint density at radius 2 is 2.31 bits per heavy atom. The summed E-state index contributed by atoms with van der Waals surface area (Å²) in [5.41, 5.74) is 0. The molecule has 0 fully saturated rings. The van der Waals surface area contributed by atoms with Crippen LogP contribution in [0.5, 0.6) is 0 Å². The van der Waals surface area contributed by atoms with Crippen LogP contribution in [0.3, 0.4) is 0 Å². The van der Waals surface area contributed by atoms with Crippen molar-refractivity contribution in [3.63, 3.8) is 0 Å². The molecule has 6 heteroatoms. The fourth-order valence-corrected chi connectivity index (χ4v) is 2.25. The van der Waals surface area contributed by atoms with Crippen LogP contribution in [0.4, 0.5) is 8.78 Å². The van der Waals surface area contributed by atoms with Crippen molar-refractivity contribution in [2.24, 2.45) is 0 Å². The summed E-state index contributed by atoms with van der Waals surface area (Å²) in [5, 5.41) is 0. The Hall–Kier alpha value is -0.940. The van der Waals surface area contributed by atoms with E-state index >= 15 is 0 Å². The third-order valence-electron chi connectivity index (χ3n) is 1.82. The number of hydrogen-bond acceptors (Lipinski definition) is 2. The SMILES string of the molecule is C=CCN(Cc1ccc(Cl)s1)C(=O)C(F)F. The second kappa shape index (κ2) is 5.96. The van der Waals surface area contributed by atoms with Crippen molar-refractivity contribution < 1.29 is 13.6 Å². The molecule has 0 N–H and O–H groups in total. The van der Waals surface area contributed by atoms with Gasteiger partial charge in [-0.3, -0.25) is 4.79 Å². The predicted octanol–water partition coefficient (Wildman–Crippen LogP) is 3.18. The van der Waals surface area contributed by atoms with Gasteiger partial charge in [0.2, 0.25) is 0 Å². The Bertz CT molecular complexity index is 381. The van der Waals surface area contributed by atoms with E-state index in [4.69, 9.17) is 11.6 Å². The second-order valence-corrected chi connectivity index (χ2v) is 4.81. The van der Waals surface area contributed by atoms with Crippen LogP contribution in [-0.2, 0) is 11.3 Å². The molecule has 0 aromatic carbocycles. The van der Waals surface area contributed by atoms with Gasteiger partial charge in [0.15, 0.2) is 0 Å². The first-order valence-electron chi connectivity index (χ1n) is 4.46. The zero-order valence-electron chi connectivity index (χ0n) is 8.33. The molecule has 0 saturated carbocycles. The summed E-state index contributed by atoms with van der Waals surface area (Å²) in [5.74, 6) is -1.19. The molecule has 1 aromatic rings. The van der Waals surface area contributed by atoms with Crippen LogP contribution in [0.15, 0.2) is 24.8 Å². The number of thiophene rings is 1. The van der Waals surface area contributed by atoms with Gasteiger partial charge < -0.3 is 4.90 Å². The third-order valence-corrected chi connectivity index (χ3v) is 3.04. The molecule has 2 nitrogen and oxygen atoms in total. The lowest BCUT2D eigenvalue weighted by Gasteiger charge is -2.19. The zero-order chi connectivity index (χ0) is 12.1. The number of rotatable bonds is 5. The van der Waals surface area contributed by atoms with E-state index in [1.54, 1.807) is 12.1 Å². The van der Waals surface area contributed by atoms with Crippen molar-refractivity contribution >= 4 is 28.8 Å². The number of nitrogens with zero attached hydrogens (tertiary/aromatic N) is 1. The quantitative estimate of drug-likeness (QED) is 0.749. The lowest BCUT2D eigenvalue weighted by molar-refractivity contribution is -0.142. The lowest BCUT2D eigenvalue weighted by Crippen LogP contribution is -2.35. The van der Waals surface area contributed by atoms with Crippen LogP contribution in [0.25, 0.3) is 0 Å². The largest absolute Gasteiger partial charge is 0.329 e. The summed E-state index contributed by atoms with van der Waals surface area (Å²) in [4.78, 5) is 13.0. The highest BCUT2D eigenvalue weighted by molar-refractivity contribution is 7.16. The number of carbonyl (C=O) groups excluding carboxylic acids is 1. The van der Waals surface area contributed by atoms with Crippen molar-refractivity contribution in [3.05, 3.63) is 34.0 Å². The van der Waals surface area contributed by atoms with Crippen LogP contribution in [0.2, 0.25) is 4.34 Å². The Morgan fingerprint density at radius 3 is 2.75 bits per heavy atom. The smallest absolute Gasteiger partial charge is 0.315 e. The summed E-state index contributed by atoms with van der Waals surface area (Å²) in [6, 6.07) is 3.38. The lowest BCUT2D eigenvalue weighted by atomic mass is 10.4. The van der Waals surface area contributed by atoms with Gasteiger partial charge in [-0.05, 0) is 12.1 Å². The van der Waals surface area contributed by atoms with Gasteiger partial charge in [0.1, 0.15) is 0 Å². The predicted molar refractivity (Wildman–Crippen MR) is 60.9 cm³/mol. The molecule has 1 rings (SSSR count). The molecule has 0 radical (unpaired) electrons. The van der Waals surface area contributed by atoms with E-state index in [-0.39, 0.29) is 13.1 Å². The molecule has 0 spiro atoms. The van der Waals surface area contributed by atoms with Crippen molar-refractivity contribution in [3.8, 4) is 0 Å². The summed E-state index contributed by atoms with van der Waals surface area (Å²) >= 11 is 6.97. The highest BCUT2D eigenvalue weighted by Gasteiger charge is 2.22. The maximum Gasteiger partial charge on any atom is 0.315 e. The molecule has 88 valence electrons. The van der Waals surface area contributed by atoms with Gasteiger partial charge in [0.25, 0.3) is 5.91 Å². The molecular weight excluding hydrogens is 256 g/mol. The number of alkyl halides is 2. The van der Waals surface area contributed by atoms with Crippen molar-refractivity contribution in [2.75, 3.05) is 6.54 Å². The van der Waals surface area contributed by atoms with Crippen LogP contribution in [0, 0.1) is 0 Å². The standard InChI is InChI=1S/C10H10ClF2NOS/c1-2-5-14(10(15)9(12)13)6-7-3-4-8(11)16-7/h2-4,9H,1,5-6H2. The maximum atomic E-state index is 12.3. The van der Waals surface area contributed by atoms with Gasteiger partial charge in [-0.25, -0.2) is 0 Å². The number of hydrogen-bond donors (Lipinski definition) is 0. The van der Waals surface area contributed by atoms with Crippen LogP contribution < -0.4 is 0 Å². The van der Waals surface area contributed by atoms with Gasteiger partial charge in [-0.2, -0.15) is 8.78 Å². The molecule has 0 saturated heterocycles. The van der Waals surface area contributed by atoms with Gasteiger partial charge >= 0.3 is 6.43 Å². The average Bonchev–Trinajstić information content (AvgIpc) is 2.62. The molecule has 0 bridgehead atoms. The Kier molecular flexibility index (Phi) is 4.89. The van der Waals surface area contributed by atoms with Crippen LogP contribution >= 0.6 is 22.9 Å². The molecule has 0 atom stereocenters. The summed E-state index contributed by atoms with van der Waals surface area (Å²) < 4.78 is 25.1. The Balaban J connectivity index is 2.71. The summed E-state index contributed by atoms with van der Waals surface area (Å²) in [6.07, 6.45) is -1.58. The molecule has 0 aliphatic heterocycles. The first-order chi connectivity index (χ1) is 7.54. The zero-order valence-corrected chi connectivity index (χ0v) is 9.90. The van der Waals surface area contributed by atoms with E-state index < -0.39 is 12.3 Å². The summed E-state index contributed by atoms with van der Waals surface area (Å²) in [7, 11) is 0. The normalized spacial score (nSPS) is 10.5. The van der Waals surface area contributed by atoms with E-state index in [1.165, 1.54) is 17.4 Å². The minimum absolute atomic E-state index is 0.0959. The average molecular weight is 266 g/mol. The van der Waals surface area contributed by atoms with E-state index in [0.717, 1.165) is 9.78 Å². The fraction of sp³-hybridized carbons (Fsp3) is 0.300. The Labute approximate surface area is 101 Å². The van der Waals surface area contributed by atoms with E-state index in [2.05, 4.69) is 6.58 Å². The fourth-order valence-electron chi connectivity index (χ4n) is 1.15. The van der Waals surface area contributed by atoms with Gasteiger partial charge in [0.05, 0.1) is 10.9 Å². The van der Waals surface area contributed by atoms with Crippen LogP contribution in [0.1, 0.15) is 4.88 Å². The number of halogens is 3. The minimum Gasteiger partial charge on any atom is -0.329 e. The number of amides is 1. The highest BCUT2D eigenvalue weighted by Crippen LogP contribution is 2.23. The highest BCUT2D eigenvalue weighted by atomic mass is 35.5. The van der Waals surface area contributed by atoms with Crippen molar-refractivity contribution in [1.82, 2.24) is 4.90 Å². The second-order valence-electron chi connectivity index (χ2n) is 3.01. The Morgan fingerprint density at radius 1 is 1.62 bits per heavy atom. The van der Waals surface area contributed by atoms with Gasteiger partial charge in [-0.1, -0.05) is 17.7 Å². The molecule has 1 amide bonds. The maximum absolute atomic E-state index is 12.3. The topological polar surface area (TPSA) is 20.3 Å². The van der Waals surface area contributed by atoms with Crippen molar-refractivity contribution in [1.29, 1.82) is 0 Å². The molecule has 1 heterocycles. The van der Waals surface area contributed by atoms with Crippen LogP contribution in [-0.4, -0.2) is 23.8 Å². The first kappa shape index (κ1) is 13.1. The monoisotopic (exact) mass is 265 g/mol. The van der Waals surface area contributed by atoms with E-state index in [9.17, 15) is 13.6 Å². The molecule has 16 heavy (non-hydrogen) atoms. The van der Waals surface area contributed by atoms with Gasteiger partial charge in [-0.15, -0.1) is 17.9 Å². The van der Waals surface area contributed by atoms with E-state index in [1.807, 2.05) is 0 Å². The minimum atomic E-state index is -2.99. The molecule has 0 aliphatic carbocycles. The summed E-state index contributed by atoms with van der Waals surface area (Å²) in [6.45, 7) is 3.66. The third kappa shape index (κ3) is 3.57. The van der Waals surface area contributed by atoms with E-state index in [0.29, 0.717) is 4.34 Å². The first-order valence-corrected chi connectivity index (χ1v) is 5.66. The molecular formula is C10H10ClF2NOS. The molecule has 0 unspecified atom stereocenters. The van der Waals surface area contributed by atoms with Gasteiger partial charge in [0, 0.05) is 11.4 Å². The molecule has 1 aromatic heterocycles. The number of carbonyl (C=O) groups is 1. The molecule has 0 aliphatic rings. The van der Waals surface area contributed by atoms with Crippen molar-refractivity contribution in [2.45, 2.75) is 13.0 Å².